The Hall–Kier alpha value is -1.89. The normalized spacial score (nSPS) is 11.8. The number of alkyl halides is 3. The van der Waals surface area contributed by atoms with Gasteiger partial charge in [0.05, 0.1) is 5.56 Å². The van der Waals surface area contributed by atoms with Gasteiger partial charge in [-0.25, -0.2) is 0 Å². The monoisotopic (exact) mass is 313 g/mol. The molecule has 7 heteroatoms. The number of unbranched alkanes of at least 4 members (excludes halogenated alkanes) is 1. The van der Waals surface area contributed by atoms with Gasteiger partial charge in [0, 0.05) is 18.5 Å². The topological polar surface area (TPSA) is 51.0 Å². The predicted molar refractivity (Wildman–Crippen MR) is 76.2 cm³/mol. The van der Waals surface area contributed by atoms with Crippen molar-refractivity contribution < 1.29 is 17.7 Å². The van der Waals surface area contributed by atoms with Crippen LogP contribution in [0.5, 0.6) is 0 Å². The number of hydrogen-bond acceptors (Lipinski definition) is 4. The van der Waals surface area contributed by atoms with Crippen LogP contribution in [0, 0.1) is 0 Å². The van der Waals surface area contributed by atoms with E-state index in [4.69, 9.17) is 4.52 Å². The zero-order valence-corrected chi connectivity index (χ0v) is 12.3. The first kappa shape index (κ1) is 16.5. The number of benzene rings is 1. The maximum Gasteiger partial charge on any atom is 0.416 e. The molecule has 0 atom stereocenters. The summed E-state index contributed by atoms with van der Waals surface area (Å²) in [6.45, 7) is 3.79. The molecule has 0 aliphatic carbocycles. The van der Waals surface area contributed by atoms with E-state index in [0.29, 0.717) is 23.7 Å². The molecule has 0 spiro atoms. The van der Waals surface area contributed by atoms with Crippen molar-refractivity contribution in [2.45, 2.75) is 32.4 Å². The van der Waals surface area contributed by atoms with E-state index in [0.717, 1.165) is 38.1 Å². The third kappa shape index (κ3) is 4.56. The van der Waals surface area contributed by atoms with Crippen LogP contribution in [0.15, 0.2) is 28.8 Å². The molecule has 0 aliphatic heterocycles. The van der Waals surface area contributed by atoms with Crippen LogP contribution in [-0.2, 0) is 12.6 Å². The summed E-state index contributed by atoms with van der Waals surface area (Å²) in [7, 11) is 0. The molecule has 1 aromatic heterocycles. The van der Waals surface area contributed by atoms with E-state index in [1.54, 1.807) is 0 Å². The maximum absolute atomic E-state index is 12.5. The molecule has 0 amide bonds. The Morgan fingerprint density at radius 2 is 1.86 bits per heavy atom. The molecule has 1 heterocycles. The molecule has 1 N–H and O–H groups in total. The minimum absolute atomic E-state index is 0.303. The molecule has 0 bridgehead atoms. The first-order valence-electron chi connectivity index (χ1n) is 7.21. The quantitative estimate of drug-likeness (QED) is 0.792. The third-order valence-corrected chi connectivity index (χ3v) is 3.16. The summed E-state index contributed by atoms with van der Waals surface area (Å²) in [5.41, 5.74) is -0.193. The standard InChI is InChI=1S/C15H18F3N3O/c1-2-3-9-19-10-8-13-20-14(21-22-13)11-4-6-12(7-5-11)15(16,17)18/h4-7,19H,2-3,8-10H2,1H3. The summed E-state index contributed by atoms with van der Waals surface area (Å²) in [4.78, 5) is 4.19. The van der Waals surface area contributed by atoms with E-state index >= 15 is 0 Å². The summed E-state index contributed by atoms with van der Waals surface area (Å²) in [6, 6.07) is 4.71. The molecule has 4 nitrogen and oxygen atoms in total. The molecular weight excluding hydrogens is 295 g/mol. The minimum Gasteiger partial charge on any atom is -0.339 e. The SMILES string of the molecule is CCCCNCCc1nc(-c2ccc(C(F)(F)F)cc2)no1. The predicted octanol–water partition coefficient (Wildman–Crippen LogP) is 3.69. The van der Waals surface area contributed by atoms with Gasteiger partial charge >= 0.3 is 6.18 Å². The van der Waals surface area contributed by atoms with E-state index in [-0.39, 0.29) is 0 Å². The van der Waals surface area contributed by atoms with Crippen LogP contribution < -0.4 is 5.32 Å². The molecule has 2 aromatic rings. The third-order valence-electron chi connectivity index (χ3n) is 3.16. The molecule has 0 saturated heterocycles. The van der Waals surface area contributed by atoms with Crippen molar-refractivity contribution >= 4 is 0 Å². The van der Waals surface area contributed by atoms with Crippen molar-refractivity contribution in [2.75, 3.05) is 13.1 Å². The van der Waals surface area contributed by atoms with E-state index in [2.05, 4.69) is 22.4 Å². The van der Waals surface area contributed by atoms with E-state index in [1.165, 1.54) is 12.1 Å². The van der Waals surface area contributed by atoms with Crippen molar-refractivity contribution in [2.24, 2.45) is 0 Å². The number of nitrogens with zero attached hydrogens (tertiary/aromatic N) is 2. The first-order chi connectivity index (χ1) is 10.5. The van der Waals surface area contributed by atoms with Crippen LogP contribution in [0.1, 0.15) is 31.2 Å². The molecule has 22 heavy (non-hydrogen) atoms. The fourth-order valence-corrected chi connectivity index (χ4v) is 1.90. The molecular formula is C15H18F3N3O. The van der Waals surface area contributed by atoms with Crippen LogP contribution >= 0.6 is 0 Å². The summed E-state index contributed by atoms with van der Waals surface area (Å²) in [5.74, 6) is 0.774. The first-order valence-corrected chi connectivity index (χ1v) is 7.21. The Bertz CT molecular complexity index is 578. The lowest BCUT2D eigenvalue weighted by molar-refractivity contribution is -0.137. The molecule has 0 unspecified atom stereocenters. The molecule has 1 aromatic carbocycles. The van der Waals surface area contributed by atoms with Gasteiger partial charge in [0.15, 0.2) is 0 Å². The zero-order chi connectivity index (χ0) is 16.0. The highest BCUT2D eigenvalue weighted by Crippen LogP contribution is 2.30. The van der Waals surface area contributed by atoms with Gasteiger partial charge in [-0.2, -0.15) is 18.2 Å². The molecule has 0 saturated carbocycles. The highest BCUT2D eigenvalue weighted by molar-refractivity contribution is 5.54. The van der Waals surface area contributed by atoms with Gasteiger partial charge in [0.1, 0.15) is 0 Å². The van der Waals surface area contributed by atoms with Crippen LogP contribution in [0.4, 0.5) is 13.2 Å². The lowest BCUT2D eigenvalue weighted by Gasteiger charge is -2.05. The lowest BCUT2D eigenvalue weighted by Crippen LogP contribution is -2.18. The summed E-state index contributed by atoms with van der Waals surface area (Å²) < 4.78 is 42.6. The fraction of sp³-hybridized carbons (Fsp3) is 0.467. The number of aromatic nitrogens is 2. The average Bonchev–Trinajstić information content (AvgIpc) is 2.95. The maximum atomic E-state index is 12.5. The number of rotatable bonds is 7. The molecule has 0 aliphatic rings. The summed E-state index contributed by atoms with van der Waals surface area (Å²) >= 11 is 0. The Morgan fingerprint density at radius 1 is 1.14 bits per heavy atom. The van der Waals surface area contributed by atoms with Crippen LogP contribution in [-0.4, -0.2) is 23.2 Å². The van der Waals surface area contributed by atoms with Gasteiger partial charge in [-0.15, -0.1) is 0 Å². The van der Waals surface area contributed by atoms with Gasteiger partial charge in [-0.3, -0.25) is 0 Å². The van der Waals surface area contributed by atoms with Gasteiger partial charge in [-0.1, -0.05) is 30.6 Å². The Balaban J connectivity index is 1.93. The second kappa shape index (κ2) is 7.40. The number of halogens is 3. The molecule has 2 rings (SSSR count). The zero-order valence-electron chi connectivity index (χ0n) is 12.3. The fourth-order valence-electron chi connectivity index (χ4n) is 1.90. The number of nitrogens with one attached hydrogen (secondary N) is 1. The van der Waals surface area contributed by atoms with Gasteiger partial charge in [0.25, 0.3) is 0 Å². The summed E-state index contributed by atoms with van der Waals surface area (Å²) in [6.07, 6.45) is -1.51. The van der Waals surface area contributed by atoms with Gasteiger partial charge in [0.2, 0.25) is 11.7 Å². The Kier molecular flexibility index (Phi) is 5.54. The van der Waals surface area contributed by atoms with Crippen molar-refractivity contribution in [1.29, 1.82) is 0 Å². The smallest absolute Gasteiger partial charge is 0.339 e. The largest absolute Gasteiger partial charge is 0.416 e. The van der Waals surface area contributed by atoms with Gasteiger partial charge in [-0.05, 0) is 25.1 Å². The molecule has 120 valence electrons. The highest BCUT2D eigenvalue weighted by Gasteiger charge is 2.30. The van der Waals surface area contributed by atoms with Crippen LogP contribution in [0.25, 0.3) is 11.4 Å². The Morgan fingerprint density at radius 3 is 2.50 bits per heavy atom. The van der Waals surface area contributed by atoms with Crippen molar-refractivity contribution in [1.82, 2.24) is 15.5 Å². The lowest BCUT2D eigenvalue weighted by atomic mass is 10.1. The second-order valence-electron chi connectivity index (χ2n) is 4.94. The minimum atomic E-state index is -4.34. The average molecular weight is 313 g/mol. The second-order valence-corrected chi connectivity index (χ2v) is 4.94. The van der Waals surface area contributed by atoms with E-state index < -0.39 is 11.7 Å². The van der Waals surface area contributed by atoms with Crippen LogP contribution in [0.3, 0.4) is 0 Å². The van der Waals surface area contributed by atoms with Crippen molar-refractivity contribution in [3.05, 3.63) is 35.7 Å². The highest BCUT2D eigenvalue weighted by atomic mass is 19.4. The van der Waals surface area contributed by atoms with E-state index in [1.807, 2.05) is 0 Å². The van der Waals surface area contributed by atoms with Crippen molar-refractivity contribution in [3.8, 4) is 11.4 Å². The van der Waals surface area contributed by atoms with Gasteiger partial charge < -0.3 is 9.84 Å². The molecule has 0 fully saturated rings. The molecule has 0 radical (unpaired) electrons. The van der Waals surface area contributed by atoms with Crippen LogP contribution in [0.2, 0.25) is 0 Å². The van der Waals surface area contributed by atoms with Crippen molar-refractivity contribution in [3.63, 3.8) is 0 Å². The number of hydrogen-bond donors (Lipinski definition) is 1. The van der Waals surface area contributed by atoms with E-state index in [9.17, 15) is 13.2 Å². The summed E-state index contributed by atoms with van der Waals surface area (Å²) in [5, 5.41) is 7.05. The Labute approximate surface area is 126 Å².